The predicted octanol–water partition coefficient (Wildman–Crippen LogP) is 3.27. The molecule has 2 aromatic rings. The van der Waals surface area contributed by atoms with Gasteiger partial charge in [0.05, 0.1) is 14.2 Å². The van der Waals surface area contributed by atoms with E-state index >= 15 is 0 Å². The van der Waals surface area contributed by atoms with Gasteiger partial charge in [0.2, 0.25) is 0 Å². The van der Waals surface area contributed by atoms with Crippen LogP contribution in [-0.4, -0.2) is 31.0 Å². The van der Waals surface area contributed by atoms with E-state index in [9.17, 15) is 0 Å². The third-order valence-electron chi connectivity index (χ3n) is 3.54. The Morgan fingerprint density at radius 1 is 0.926 bits per heavy atom. The minimum Gasteiger partial charge on any atom is -0.493 e. The Morgan fingerprint density at radius 2 is 1.59 bits per heavy atom. The molecular formula is C18H21ClN4O2S2. The lowest BCUT2D eigenvalue weighted by molar-refractivity contribution is 0.354. The molecule has 4 N–H and O–H groups in total. The van der Waals surface area contributed by atoms with Crippen LogP contribution in [0.3, 0.4) is 0 Å². The summed E-state index contributed by atoms with van der Waals surface area (Å²) >= 11 is 16.3. The van der Waals surface area contributed by atoms with E-state index in [1.807, 2.05) is 30.3 Å². The molecule has 0 aliphatic heterocycles. The third kappa shape index (κ3) is 7.09. The Morgan fingerprint density at radius 3 is 2.26 bits per heavy atom. The number of thiocarbonyl (C=S) groups is 2. The fraction of sp³-hybridized carbons (Fsp3) is 0.222. The molecule has 0 heterocycles. The molecule has 0 spiro atoms. The smallest absolute Gasteiger partial charge is 0.189 e. The molecule has 0 unspecified atom stereocenters. The first-order chi connectivity index (χ1) is 13.0. The number of hydrazine groups is 1. The van der Waals surface area contributed by atoms with Crippen LogP contribution in [0.5, 0.6) is 11.5 Å². The average Bonchev–Trinajstić information content (AvgIpc) is 2.68. The lowest BCUT2D eigenvalue weighted by Gasteiger charge is -2.14. The number of hydrogen-bond donors (Lipinski definition) is 4. The van der Waals surface area contributed by atoms with Crippen LogP contribution >= 0.6 is 36.0 Å². The highest BCUT2D eigenvalue weighted by atomic mass is 35.5. The molecule has 0 saturated carbocycles. The topological polar surface area (TPSA) is 66.6 Å². The fourth-order valence-corrected chi connectivity index (χ4v) is 2.66. The minimum atomic E-state index is 0.390. The summed E-state index contributed by atoms with van der Waals surface area (Å²) in [6.07, 6.45) is 0.773. The van der Waals surface area contributed by atoms with E-state index in [0.29, 0.717) is 33.3 Å². The number of methoxy groups -OCH3 is 2. The number of benzene rings is 2. The SMILES string of the molecule is COc1ccc(CCNC(=S)NNC(=S)Nc2ccc(Cl)cc2)cc1OC. The molecule has 6 nitrogen and oxygen atoms in total. The van der Waals surface area contributed by atoms with Crippen molar-refractivity contribution in [1.82, 2.24) is 16.2 Å². The Hall–Kier alpha value is -2.29. The van der Waals surface area contributed by atoms with E-state index < -0.39 is 0 Å². The first-order valence-corrected chi connectivity index (χ1v) is 9.28. The lowest BCUT2D eigenvalue weighted by atomic mass is 10.1. The zero-order valence-corrected chi connectivity index (χ0v) is 17.4. The van der Waals surface area contributed by atoms with Gasteiger partial charge in [-0.3, -0.25) is 10.9 Å². The van der Waals surface area contributed by atoms with Crippen molar-refractivity contribution in [2.75, 3.05) is 26.1 Å². The summed E-state index contributed by atoms with van der Waals surface area (Å²) in [6, 6.07) is 13.0. The zero-order chi connectivity index (χ0) is 19.6. The van der Waals surface area contributed by atoms with Crippen molar-refractivity contribution in [3.63, 3.8) is 0 Å². The highest BCUT2D eigenvalue weighted by molar-refractivity contribution is 7.80. The van der Waals surface area contributed by atoms with Gasteiger partial charge in [-0.05, 0) is 72.8 Å². The molecule has 9 heteroatoms. The van der Waals surface area contributed by atoms with Crippen LogP contribution in [0.25, 0.3) is 0 Å². The molecular weight excluding hydrogens is 404 g/mol. The van der Waals surface area contributed by atoms with Crippen molar-refractivity contribution < 1.29 is 9.47 Å². The maximum absolute atomic E-state index is 5.85. The number of anilines is 1. The van der Waals surface area contributed by atoms with Crippen molar-refractivity contribution in [3.8, 4) is 11.5 Å². The summed E-state index contributed by atoms with van der Waals surface area (Å²) in [5, 5.41) is 7.62. The predicted molar refractivity (Wildman–Crippen MR) is 118 cm³/mol. The van der Waals surface area contributed by atoms with Gasteiger partial charge in [-0.25, -0.2) is 0 Å². The van der Waals surface area contributed by atoms with Crippen LogP contribution in [-0.2, 0) is 6.42 Å². The molecule has 144 valence electrons. The Bertz CT molecular complexity index is 787. The molecule has 0 aromatic heterocycles. The number of halogens is 1. The van der Waals surface area contributed by atoms with Crippen molar-refractivity contribution in [3.05, 3.63) is 53.1 Å². The van der Waals surface area contributed by atoms with Gasteiger partial charge < -0.3 is 20.1 Å². The summed E-state index contributed by atoms with van der Waals surface area (Å²) in [6.45, 7) is 0.653. The number of nitrogens with one attached hydrogen (secondary N) is 4. The van der Waals surface area contributed by atoms with Gasteiger partial charge >= 0.3 is 0 Å². The van der Waals surface area contributed by atoms with Crippen LogP contribution < -0.4 is 31.0 Å². The van der Waals surface area contributed by atoms with Gasteiger partial charge in [0.1, 0.15) is 0 Å². The van der Waals surface area contributed by atoms with E-state index in [4.69, 9.17) is 45.5 Å². The Kier molecular flexibility index (Phi) is 8.38. The van der Waals surface area contributed by atoms with Crippen LogP contribution in [0.15, 0.2) is 42.5 Å². The quantitative estimate of drug-likeness (QED) is 0.416. The molecule has 0 aliphatic rings. The summed E-state index contributed by atoms with van der Waals surface area (Å²) in [5.41, 5.74) is 7.59. The second-order valence-electron chi connectivity index (χ2n) is 5.41. The lowest BCUT2D eigenvalue weighted by Crippen LogP contribution is -2.48. The van der Waals surface area contributed by atoms with E-state index in [0.717, 1.165) is 17.7 Å². The number of rotatable bonds is 6. The van der Waals surface area contributed by atoms with Gasteiger partial charge in [0.25, 0.3) is 0 Å². The van der Waals surface area contributed by atoms with E-state index in [1.54, 1.807) is 26.4 Å². The summed E-state index contributed by atoms with van der Waals surface area (Å²) in [4.78, 5) is 0. The van der Waals surface area contributed by atoms with E-state index in [1.165, 1.54) is 0 Å². The Balaban J connectivity index is 1.70. The van der Waals surface area contributed by atoms with Gasteiger partial charge in [0.15, 0.2) is 21.7 Å². The van der Waals surface area contributed by atoms with Crippen molar-refractivity contribution in [1.29, 1.82) is 0 Å². The minimum absolute atomic E-state index is 0.390. The summed E-state index contributed by atoms with van der Waals surface area (Å²) < 4.78 is 10.5. The summed E-state index contributed by atoms with van der Waals surface area (Å²) in [5.74, 6) is 1.41. The second-order valence-corrected chi connectivity index (χ2v) is 6.66. The normalized spacial score (nSPS) is 9.89. The largest absolute Gasteiger partial charge is 0.493 e. The Labute approximate surface area is 174 Å². The van der Waals surface area contributed by atoms with Crippen molar-refractivity contribution in [2.24, 2.45) is 0 Å². The average molecular weight is 425 g/mol. The highest BCUT2D eigenvalue weighted by Gasteiger charge is 2.05. The second kappa shape index (κ2) is 10.8. The van der Waals surface area contributed by atoms with Crippen LogP contribution in [0.4, 0.5) is 5.69 Å². The molecule has 0 amide bonds. The standard InChI is InChI=1S/C18H21ClN4O2S2/c1-24-15-8-3-12(11-16(15)25-2)9-10-20-17(26)22-23-18(27)21-14-6-4-13(19)5-7-14/h3-8,11H,9-10H2,1-2H3,(H2,20,22,26)(H2,21,23,27). The summed E-state index contributed by atoms with van der Waals surface area (Å²) in [7, 11) is 3.23. The van der Waals surface area contributed by atoms with Gasteiger partial charge in [-0.15, -0.1) is 0 Å². The molecule has 0 bridgehead atoms. The van der Waals surface area contributed by atoms with Crippen molar-refractivity contribution in [2.45, 2.75) is 6.42 Å². The van der Waals surface area contributed by atoms with Crippen LogP contribution in [0, 0.1) is 0 Å². The molecule has 2 rings (SSSR count). The van der Waals surface area contributed by atoms with E-state index in [-0.39, 0.29) is 0 Å². The first-order valence-electron chi connectivity index (χ1n) is 8.09. The molecule has 0 aliphatic carbocycles. The van der Waals surface area contributed by atoms with Crippen molar-refractivity contribution >= 4 is 51.9 Å². The number of ether oxygens (including phenoxy) is 2. The zero-order valence-electron chi connectivity index (χ0n) is 15.0. The highest BCUT2D eigenvalue weighted by Crippen LogP contribution is 2.27. The van der Waals surface area contributed by atoms with Gasteiger partial charge in [-0.1, -0.05) is 17.7 Å². The van der Waals surface area contributed by atoms with Crippen LogP contribution in [0.2, 0.25) is 5.02 Å². The van der Waals surface area contributed by atoms with Crippen LogP contribution in [0.1, 0.15) is 5.56 Å². The maximum Gasteiger partial charge on any atom is 0.189 e. The van der Waals surface area contributed by atoms with Gasteiger partial charge in [0, 0.05) is 17.3 Å². The monoisotopic (exact) mass is 424 g/mol. The molecule has 2 aromatic carbocycles. The number of hydrogen-bond acceptors (Lipinski definition) is 4. The third-order valence-corrected chi connectivity index (χ3v) is 4.24. The fourth-order valence-electron chi connectivity index (χ4n) is 2.21. The molecule has 0 atom stereocenters. The first kappa shape index (κ1) is 21.0. The molecule has 0 saturated heterocycles. The molecule has 0 fully saturated rings. The maximum atomic E-state index is 5.85. The molecule has 0 radical (unpaired) electrons. The molecule has 27 heavy (non-hydrogen) atoms. The van der Waals surface area contributed by atoms with Gasteiger partial charge in [-0.2, -0.15) is 0 Å². The van der Waals surface area contributed by atoms with E-state index in [2.05, 4.69) is 21.5 Å².